The molecule has 0 spiro atoms. The topological polar surface area (TPSA) is 83.3 Å². The fraction of sp³-hybridized carbons (Fsp3) is 0.579. The van der Waals surface area contributed by atoms with Crippen molar-refractivity contribution in [1.29, 1.82) is 0 Å². The Hall–Kier alpha value is -1.91. The Bertz CT molecular complexity index is 720. The van der Waals surface area contributed by atoms with Gasteiger partial charge in [0.1, 0.15) is 18.0 Å². The molecule has 2 N–H and O–H groups in total. The summed E-state index contributed by atoms with van der Waals surface area (Å²) in [7, 11) is 1.88. The maximum Gasteiger partial charge on any atom is 0.191 e. The summed E-state index contributed by atoms with van der Waals surface area (Å²) >= 11 is 0. The van der Waals surface area contributed by atoms with Gasteiger partial charge in [0.2, 0.25) is 0 Å². The summed E-state index contributed by atoms with van der Waals surface area (Å²) < 4.78 is 1.75. The molecule has 1 aliphatic rings. The van der Waals surface area contributed by atoms with E-state index in [1.807, 2.05) is 13.2 Å². The number of nitrogens with one attached hydrogen (secondary N) is 2. The zero-order chi connectivity index (χ0) is 18.9. The van der Waals surface area contributed by atoms with Crippen molar-refractivity contribution in [2.24, 2.45) is 12.0 Å². The summed E-state index contributed by atoms with van der Waals surface area (Å²) in [6, 6.07) is 4.25. The SMILES string of the molecule is CCNC(=NCc1ccc(N2CCCCCC2)nc1)NCc1ncnn1C.I. The van der Waals surface area contributed by atoms with E-state index in [1.54, 1.807) is 11.0 Å². The van der Waals surface area contributed by atoms with Gasteiger partial charge in [-0.25, -0.2) is 15.0 Å². The third-order valence-electron chi connectivity index (χ3n) is 4.72. The lowest BCUT2D eigenvalue weighted by atomic mass is 10.2. The van der Waals surface area contributed by atoms with Crippen LogP contribution in [0, 0.1) is 0 Å². The van der Waals surface area contributed by atoms with Gasteiger partial charge in [0.15, 0.2) is 5.96 Å². The standard InChI is InChI=1S/C19H30N8.HI/c1-3-20-19(23-14-18-24-15-25-26(18)2)22-13-16-8-9-17(21-12-16)27-10-6-4-5-7-11-27;/h8-9,12,15H,3-7,10-11,13-14H2,1-2H3,(H2,20,22,23);1H. The zero-order valence-electron chi connectivity index (χ0n) is 16.8. The summed E-state index contributed by atoms with van der Waals surface area (Å²) in [6.07, 6.45) is 8.68. The van der Waals surface area contributed by atoms with E-state index in [9.17, 15) is 0 Å². The number of halogens is 1. The van der Waals surface area contributed by atoms with E-state index in [-0.39, 0.29) is 24.0 Å². The number of hydrogen-bond acceptors (Lipinski definition) is 5. The molecule has 0 aromatic carbocycles. The fourth-order valence-electron chi connectivity index (χ4n) is 3.15. The van der Waals surface area contributed by atoms with Crippen molar-refractivity contribution in [3.63, 3.8) is 0 Å². The number of pyridine rings is 1. The number of aromatic nitrogens is 4. The van der Waals surface area contributed by atoms with Crippen LogP contribution in [-0.2, 0) is 20.1 Å². The quantitative estimate of drug-likeness (QED) is 0.362. The lowest BCUT2D eigenvalue weighted by molar-refractivity contribution is 0.673. The van der Waals surface area contributed by atoms with Gasteiger partial charge in [-0.1, -0.05) is 18.9 Å². The van der Waals surface area contributed by atoms with Crippen LogP contribution in [0.5, 0.6) is 0 Å². The molecule has 2 aromatic heterocycles. The number of rotatable bonds is 6. The third-order valence-corrected chi connectivity index (χ3v) is 4.72. The molecule has 8 nitrogen and oxygen atoms in total. The van der Waals surface area contributed by atoms with E-state index in [0.717, 1.165) is 42.8 Å². The van der Waals surface area contributed by atoms with E-state index in [0.29, 0.717) is 13.1 Å². The average Bonchev–Trinajstić information content (AvgIpc) is 2.93. The molecule has 154 valence electrons. The van der Waals surface area contributed by atoms with Crippen molar-refractivity contribution >= 4 is 35.8 Å². The maximum absolute atomic E-state index is 4.66. The molecule has 1 saturated heterocycles. The summed E-state index contributed by atoms with van der Waals surface area (Å²) in [6.45, 7) is 6.24. The van der Waals surface area contributed by atoms with Crippen LogP contribution in [0.15, 0.2) is 29.6 Å². The number of guanidine groups is 1. The van der Waals surface area contributed by atoms with Crippen molar-refractivity contribution in [1.82, 2.24) is 30.4 Å². The Morgan fingerprint density at radius 3 is 2.50 bits per heavy atom. The monoisotopic (exact) mass is 498 g/mol. The molecule has 0 saturated carbocycles. The van der Waals surface area contributed by atoms with Gasteiger partial charge in [-0.15, -0.1) is 24.0 Å². The first-order valence-electron chi connectivity index (χ1n) is 9.81. The van der Waals surface area contributed by atoms with E-state index in [1.165, 1.54) is 25.7 Å². The second kappa shape index (κ2) is 11.8. The lowest BCUT2D eigenvalue weighted by Crippen LogP contribution is -2.37. The molecule has 3 heterocycles. The van der Waals surface area contributed by atoms with Gasteiger partial charge in [0, 0.05) is 32.9 Å². The minimum absolute atomic E-state index is 0. The first-order valence-corrected chi connectivity index (χ1v) is 9.81. The molecule has 3 rings (SSSR count). The van der Waals surface area contributed by atoms with Crippen LogP contribution in [0.4, 0.5) is 5.82 Å². The molecule has 1 aliphatic heterocycles. The molecular weight excluding hydrogens is 467 g/mol. The second-order valence-corrected chi connectivity index (χ2v) is 6.77. The van der Waals surface area contributed by atoms with Crippen LogP contribution >= 0.6 is 24.0 Å². The largest absolute Gasteiger partial charge is 0.357 e. The first-order chi connectivity index (χ1) is 13.3. The van der Waals surface area contributed by atoms with Crippen molar-refractivity contribution in [2.75, 3.05) is 24.5 Å². The minimum atomic E-state index is 0. The van der Waals surface area contributed by atoms with E-state index in [4.69, 9.17) is 0 Å². The molecule has 0 atom stereocenters. The van der Waals surface area contributed by atoms with Crippen LogP contribution in [0.3, 0.4) is 0 Å². The Labute approximate surface area is 184 Å². The third kappa shape index (κ3) is 6.61. The highest BCUT2D eigenvalue weighted by Crippen LogP contribution is 2.17. The molecule has 0 radical (unpaired) electrons. The van der Waals surface area contributed by atoms with Crippen molar-refractivity contribution in [2.45, 2.75) is 45.7 Å². The van der Waals surface area contributed by atoms with E-state index in [2.05, 4.69) is 54.6 Å². The Balaban J connectivity index is 0.00000280. The number of nitrogens with zero attached hydrogens (tertiary/aromatic N) is 6. The minimum Gasteiger partial charge on any atom is -0.357 e. The molecule has 0 aliphatic carbocycles. The molecule has 0 amide bonds. The van der Waals surface area contributed by atoms with Gasteiger partial charge in [0.25, 0.3) is 0 Å². The maximum atomic E-state index is 4.66. The van der Waals surface area contributed by atoms with Gasteiger partial charge >= 0.3 is 0 Å². The number of aryl methyl sites for hydroxylation is 1. The van der Waals surface area contributed by atoms with Gasteiger partial charge in [-0.3, -0.25) is 4.68 Å². The summed E-state index contributed by atoms with van der Waals surface area (Å²) in [5.41, 5.74) is 1.10. The van der Waals surface area contributed by atoms with E-state index < -0.39 is 0 Å². The van der Waals surface area contributed by atoms with Crippen LogP contribution in [0.1, 0.15) is 44.0 Å². The highest BCUT2D eigenvalue weighted by atomic mass is 127. The Morgan fingerprint density at radius 1 is 1.11 bits per heavy atom. The fourth-order valence-corrected chi connectivity index (χ4v) is 3.15. The molecule has 0 unspecified atom stereocenters. The lowest BCUT2D eigenvalue weighted by Gasteiger charge is -2.21. The number of hydrogen-bond donors (Lipinski definition) is 2. The van der Waals surface area contributed by atoms with Crippen LogP contribution < -0.4 is 15.5 Å². The Kier molecular flexibility index (Phi) is 9.45. The average molecular weight is 498 g/mol. The summed E-state index contributed by atoms with van der Waals surface area (Å²) in [5.74, 6) is 2.71. The highest BCUT2D eigenvalue weighted by Gasteiger charge is 2.10. The van der Waals surface area contributed by atoms with Gasteiger partial charge < -0.3 is 15.5 Å². The van der Waals surface area contributed by atoms with Crippen molar-refractivity contribution in [3.8, 4) is 0 Å². The van der Waals surface area contributed by atoms with Gasteiger partial charge in [0.05, 0.1) is 13.1 Å². The second-order valence-electron chi connectivity index (χ2n) is 6.77. The molecular formula is C19H31IN8. The van der Waals surface area contributed by atoms with Gasteiger partial charge in [-0.2, -0.15) is 5.10 Å². The van der Waals surface area contributed by atoms with Crippen LogP contribution in [0.2, 0.25) is 0 Å². The number of aliphatic imine (C=N–C) groups is 1. The normalized spacial score (nSPS) is 14.9. The molecule has 2 aromatic rings. The predicted molar refractivity (Wildman–Crippen MR) is 123 cm³/mol. The summed E-state index contributed by atoms with van der Waals surface area (Å²) in [5, 5.41) is 10.6. The Morgan fingerprint density at radius 2 is 1.89 bits per heavy atom. The van der Waals surface area contributed by atoms with Crippen LogP contribution in [-0.4, -0.2) is 45.3 Å². The first kappa shape index (κ1) is 22.4. The van der Waals surface area contributed by atoms with Gasteiger partial charge in [-0.05, 0) is 31.4 Å². The van der Waals surface area contributed by atoms with Crippen molar-refractivity contribution < 1.29 is 0 Å². The smallest absolute Gasteiger partial charge is 0.191 e. The van der Waals surface area contributed by atoms with Crippen molar-refractivity contribution in [3.05, 3.63) is 36.0 Å². The zero-order valence-corrected chi connectivity index (χ0v) is 19.1. The number of anilines is 1. The molecule has 9 heteroatoms. The molecule has 0 bridgehead atoms. The summed E-state index contributed by atoms with van der Waals surface area (Å²) in [4.78, 5) is 15.9. The predicted octanol–water partition coefficient (Wildman–Crippen LogP) is 2.46. The highest BCUT2D eigenvalue weighted by molar-refractivity contribution is 14.0. The van der Waals surface area contributed by atoms with Crippen LogP contribution in [0.25, 0.3) is 0 Å². The van der Waals surface area contributed by atoms with E-state index >= 15 is 0 Å². The molecule has 1 fully saturated rings. The molecule has 28 heavy (non-hydrogen) atoms.